The van der Waals surface area contributed by atoms with Crippen LogP contribution in [0.25, 0.3) is 0 Å². The van der Waals surface area contributed by atoms with E-state index in [2.05, 4.69) is 25.8 Å². The molecule has 0 bridgehead atoms. The molecule has 1 amide bonds. The number of ketones is 1. The van der Waals surface area contributed by atoms with Crippen LogP contribution in [-0.2, 0) is 9.59 Å². The van der Waals surface area contributed by atoms with E-state index in [0.717, 1.165) is 25.9 Å². The Bertz CT molecular complexity index is 365. The molecule has 0 aliphatic carbocycles. The summed E-state index contributed by atoms with van der Waals surface area (Å²) in [6.07, 6.45) is 4.17. The number of hydrogen-bond acceptors (Lipinski definition) is 3. The lowest BCUT2D eigenvalue weighted by Gasteiger charge is -2.42. The first kappa shape index (κ1) is 14.5. The average Bonchev–Trinajstić information content (AvgIpc) is 2.75. The van der Waals surface area contributed by atoms with Crippen LogP contribution in [0.15, 0.2) is 0 Å². The van der Waals surface area contributed by atoms with E-state index < -0.39 is 0 Å². The van der Waals surface area contributed by atoms with Crippen molar-refractivity contribution in [1.82, 2.24) is 9.80 Å². The quantitative estimate of drug-likeness (QED) is 0.780. The highest BCUT2D eigenvalue weighted by atomic mass is 16.2. The number of amides is 1. The maximum Gasteiger partial charge on any atom is 0.223 e. The molecule has 2 aliphatic heterocycles. The molecule has 0 aromatic rings. The van der Waals surface area contributed by atoms with Crippen LogP contribution in [-0.4, -0.2) is 53.7 Å². The molecular formula is C15H26N2O2. The van der Waals surface area contributed by atoms with Gasteiger partial charge in [0.15, 0.2) is 5.78 Å². The third kappa shape index (κ3) is 3.56. The summed E-state index contributed by atoms with van der Waals surface area (Å²) in [6.45, 7) is 6.71. The van der Waals surface area contributed by atoms with Crippen molar-refractivity contribution in [2.45, 2.75) is 51.5 Å². The maximum absolute atomic E-state index is 12.4. The molecule has 0 radical (unpaired) electrons. The van der Waals surface area contributed by atoms with Crippen molar-refractivity contribution in [2.24, 2.45) is 5.92 Å². The lowest BCUT2D eigenvalue weighted by atomic mass is 9.89. The van der Waals surface area contributed by atoms with E-state index in [0.29, 0.717) is 25.3 Å². The van der Waals surface area contributed by atoms with E-state index in [-0.39, 0.29) is 17.2 Å². The molecule has 0 N–H and O–H groups in total. The maximum atomic E-state index is 12.4. The zero-order valence-electron chi connectivity index (χ0n) is 12.4. The topological polar surface area (TPSA) is 40.6 Å². The van der Waals surface area contributed by atoms with Gasteiger partial charge in [0.1, 0.15) is 0 Å². The smallest absolute Gasteiger partial charge is 0.223 e. The van der Waals surface area contributed by atoms with Crippen LogP contribution in [0.2, 0.25) is 0 Å². The monoisotopic (exact) mass is 266 g/mol. The molecule has 2 fully saturated rings. The van der Waals surface area contributed by atoms with E-state index in [9.17, 15) is 9.59 Å². The zero-order valence-corrected chi connectivity index (χ0v) is 12.4. The largest absolute Gasteiger partial charge is 0.330 e. The van der Waals surface area contributed by atoms with Gasteiger partial charge in [0.25, 0.3) is 0 Å². The van der Waals surface area contributed by atoms with Crippen molar-refractivity contribution < 1.29 is 9.59 Å². The minimum atomic E-state index is -0.155. The Hall–Kier alpha value is -0.900. The summed E-state index contributed by atoms with van der Waals surface area (Å²) in [7, 11) is 2.13. The number of hydrogen-bond donors (Lipinski definition) is 0. The number of likely N-dealkylation sites (tertiary alicyclic amines) is 2. The van der Waals surface area contributed by atoms with Crippen molar-refractivity contribution in [1.29, 1.82) is 0 Å². The third-order valence-electron chi connectivity index (χ3n) is 4.64. The molecular weight excluding hydrogens is 240 g/mol. The summed E-state index contributed by atoms with van der Waals surface area (Å²) in [5.74, 6) is 1.01. The first-order valence-corrected chi connectivity index (χ1v) is 7.39. The summed E-state index contributed by atoms with van der Waals surface area (Å²) in [5.41, 5.74) is -0.155. The number of carbonyl (C=O) groups excluding carboxylic acids is 2. The molecule has 0 aromatic heterocycles. The van der Waals surface area contributed by atoms with Crippen LogP contribution in [0.3, 0.4) is 0 Å². The van der Waals surface area contributed by atoms with Gasteiger partial charge in [0, 0.05) is 24.9 Å². The molecule has 1 unspecified atom stereocenters. The first-order valence-electron chi connectivity index (χ1n) is 7.39. The summed E-state index contributed by atoms with van der Waals surface area (Å²) in [4.78, 5) is 28.1. The fourth-order valence-corrected chi connectivity index (χ4v) is 3.20. The van der Waals surface area contributed by atoms with Crippen LogP contribution < -0.4 is 0 Å². The minimum Gasteiger partial charge on any atom is -0.330 e. The molecule has 0 saturated carbocycles. The van der Waals surface area contributed by atoms with Gasteiger partial charge in [-0.25, -0.2) is 0 Å². The fourth-order valence-electron chi connectivity index (χ4n) is 3.20. The molecule has 0 aromatic carbocycles. The van der Waals surface area contributed by atoms with Gasteiger partial charge in [0.05, 0.1) is 6.54 Å². The van der Waals surface area contributed by atoms with E-state index in [1.807, 2.05) is 0 Å². The summed E-state index contributed by atoms with van der Waals surface area (Å²) >= 11 is 0. The van der Waals surface area contributed by atoms with Crippen molar-refractivity contribution in [3.05, 3.63) is 0 Å². The Labute approximate surface area is 116 Å². The standard InChI is InChI=1S/C15H26N2O2/c1-15(2)8-6-13(18)11-17(15)14(19)5-4-12-7-9-16(3)10-12/h12H,4-11H2,1-3H3. The normalized spacial score (nSPS) is 27.8. The molecule has 2 aliphatic rings. The van der Waals surface area contributed by atoms with Crippen LogP contribution in [0, 0.1) is 5.92 Å². The van der Waals surface area contributed by atoms with Gasteiger partial charge in [-0.05, 0) is 52.6 Å². The second kappa shape index (κ2) is 5.61. The molecule has 108 valence electrons. The molecule has 0 spiro atoms. The Morgan fingerprint density at radius 1 is 1.42 bits per heavy atom. The zero-order chi connectivity index (χ0) is 14.0. The Morgan fingerprint density at radius 3 is 2.79 bits per heavy atom. The first-order chi connectivity index (χ1) is 8.88. The van der Waals surface area contributed by atoms with Crippen molar-refractivity contribution in [3.8, 4) is 0 Å². The Morgan fingerprint density at radius 2 is 2.16 bits per heavy atom. The predicted octanol–water partition coefficient (Wildman–Crippen LogP) is 1.69. The Kier molecular flexibility index (Phi) is 4.29. The van der Waals surface area contributed by atoms with Gasteiger partial charge in [-0.2, -0.15) is 0 Å². The molecule has 2 rings (SSSR count). The molecule has 19 heavy (non-hydrogen) atoms. The number of nitrogens with zero attached hydrogens (tertiary/aromatic N) is 2. The van der Waals surface area contributed by atoms with Crippen molar-refractivity contribution >= 4 is 11.7 Å². The van der Waals surface area contributed by atoms with Crippen LogP contribution in [0.4, 0.5) is 0 Å². The SMILES string of the molecule is CN1CCC(CCC(=O)N2CC(=O)CCC2(C)C)C1. The lowest BCUT2D eigenvalue weighted by molar-refractivity contribution is -0.144. The minimum absolute atomic E-state index is 0.155. The van der Waals surface area contributed by atoms with Gasteiger partial charge in [-0.15, -0.1) is 0 Å². The second-order valence-electron chi connectivity index (χ2n) is 6.79. The second-order valence-corrected chi connectivity index (χ2v) is 6.79. The molecule has 4 nitrogen and oxygen atoms in total. The fraction of sp³-hybridized carbons (Fsp3) is 0.867. The Balaban J connectivity index is 1.86. The molecule has 4 heteroatoms. The van der Waals surface area contributed by atoms with Crippen LogP contribution in [0.1, 0.15) is 46.0 Å². The number of Topliss-reactive ketones (excluding diaryl/α,β-unsaturated/α-hetero) is 1. The number of carbonyl (C=O) groups is 2. The predicted molar refractivity (Wildman–Crippen MR) is 74.9 cm³/mol. The van der Waals surface area contributed by atoms with E-state index >= 15 is 0 Å². The molecule has 2 heterocycles. The average molecular weight is 266 g/mol. The van der Waals surface area contributed by atoms with E-state index in [1.165, 1.54) is 6.42 Å². The number of rotatable bonds is 3. The summed E-state index contributed by atoms with van der Waals surface area (Å²) in [6, 6.07) is 0. The number of piperidine rings is 1. The molecule has 2 saturated heterocycles. The van der Waals surface area contributed by atoms with Gasteiger partial charge >= 0.3 is 0 Å². The van der Waals surface area contributed by atoms with Gasteiger partial charge in [0.2, 0.25) is 5.91 Å². The highest BCUT2D eigenvalue weighted by Gasteiger charge is 2.36. The van der Waals surface area contributed by atoms with Gasteiger partial charge in [-0.3, -0.25) is 9.59 Å². The molecule has 1 atom stereocenters. The van der Waals surface area contributed by atoms with Crippen LogP contribution >= 0.6 is 0 Å². The van der Waals surface area contributed by atoms with Crippen LogP contribution in [0.5, 0.6) is 0 Å². The third-order valence-corrected chi connectivity index (χ3v) is 4.64. The van der Waals surface area contributed by atoms with Gasteiger partial charge < -0.3 is 9.80 Å². The highest BCUT2D eigenvalue weighted by Crippen LogP contribution is 2.28. The lowest BCUT2D eigenvalue weighted by Crippen LogP contribution is -2.53. The summed E-state index contributed by atoms with van der Waals surface area (Å²) in [5, 5.41) is 0. The van der Waals surface area contributed by atoms with Gasteiger partial charge in [-0.1, -0.05) is 0 Å². The van der Waals surface area contributed by atoms with E-state index in [4.69, 9.17) is 0 Å². The van der Waals surface area contributed by atoms with Crippen molar-refractivity contribution in [2.75, 3.05) is 26.7 Å². The highest BCUT2D eigenvalue weighted by molar-refractivity contribution is 5.88. The van der Waals surface area contributed by atoms with Crippen molar-refractivity contribution in [3.63, 3.8) is 0 Å². The van der Waals surface area contributed by atoms with E-state index in [1.54, 1.807) is 4.90 Å². The summed E-state index contributed by atoms with van der Waals surface area (Å²) < 4.78 is 0.